The van der Waals surface area contributed by atoms with Crippen molar-refractivity contribution in [3.05, 3.63) is 87.1 Å². The van der Waals surface area contributed by atoms with E-state index < -0.39 is 0 Å². The number of likely N-dealkylation sites (tertiary alicyclic amines) is 1. The number of amides is 1. The lowest BCUT2D eigenvalue weighted by Crippen LogP contribution is -2.31. The molecule has 4 aromatic rings. The van der Waals surface area contributed by atoms with E-state index >= 15 is 0 Å². The van der Waals surface area contributed by atoms with Gasteiger partial charge >= 0.3 is 0 Å². The number of H-pyrrole nitrogens is 1. The Morgan fingerprint density at radius 3 is 2.52 bits per heavy atom. The summed E-state index contributed by atoms with van der Waals surface area (Å²) in [5, 5.41) is 0. The zero-order chi connectivity index (χ0) is 23.4. The molecule has 4 nitrogen and oxygen atoms in total. The van der Waals surface area contributed by atoms with Gasteiger partial charge in [-0.1, -0.05) is 30.4 Å². The van der Waals surface area contributed by atoms with Crippen LogP contribution >= 0.6 is 11.3 Å². The Morgan fingerprint density at radius 1 is 1.03 bits per heavy atom. The van der Waals surface area contributed by atoms with Gasteiger partial charge in [0, 0.05) is 16.3 Å². The van der Waals surface area contributed by atoms with Gasteiger partial charge < -0.3 is 9.88 Å². The van der Waals surface area contributed by atoms with Crippen molar-refractivity contribution in [3.8, 4) is 10.4 Å². The van der Waals surface area contributed by atoms with Crippen LogP contribution in [-0.4, -0.2) is 27.3 Å². The van der Waals surface area contributed by atoms with Gasteiger partial charge in [0.1, 0.15) is 5.82 Å². The third kappa shape index (κ3) is 3.80. The van der Waals surface area contributed by atoms with Gasteiger partial charge in [-0.25, -0.2) is 4.98 Å². The maximum Gasteiger partial charge on any atom is 0.256 e. The predicted octanol–water partition coefficient (Wildman–Crippen LogP) is 6.98. The normalized spacial score (nSPS) is 16.2. The number of carbonyl (C=O) groups excluding carboxylic acids is 1. The van der Waals surface area contributed by atoms with E-state index in [4.69, 9.17) is 4.98 Å². The molecule has 5 rings (SSSR count). The summed E-state index contributed by atoms with van der Waals surface area (Å²) in [5.74, 6) is 0.880. The molecule has 1 saturated heterocycles. The molecule has 1 aliphatic rings. The quantitative estimate of drug-likeness (QED) is 0.339. The Bertz CT molecular complexity index is 1390. The van der Waals surface area contributed by atoms with Crippen LogP contribution < -0.4 is 0 Å². The summed E-state index contributed by atoms with van der Waals surface area (Å²) in [6, 6.07) is 12.6. The number of nitrogens with one attached hydrogen (secondary N) is 1. The van der Waals surface area contributed by atoms with Crippen molar-refractivity contribution in [2.45, 2.75) is 47.1 Å². The Hall–Kier alpha value is -3.18. The van der Waals surface area contributed by atoms with Crippen LogP contribution in [0.15, 0.2) is 48.6 Å². The largest absolute Gasteiger partial charge is 0.340 e. The van der Waals surface area contributed by atoms with Crippen molar-refractivity contribution in [2.75, 3.05) is 6.54 Å². The summed E-state index contributed by atoms with van der Waals surface area (Å²) >= 11 is 1.68. The molecule has 168 valence electrons. The highest BCUT2D eigenvalue weighted by atomic mass is 32.1. The molecule has 0 saturated carbocycles. The SMILES string of the molecule is C=C1CC(c2nc3cc(C)c(C)cc3[nH]2)N(C(=O)c2cc(C)sc2-c2ccc(C)c(C)c2)C1. The first-order valence-electron chi connectivity index (χ1n) is 11.3. The predicted molar refractivity (Wildman–Crippen MR) is 137 cm³/mol. The molecule has 2 aromatic carbocycles. The van der Waals surface area contributed by atoms with E-state index in [-0.39, 0.29) is 11.9 Å². The first kappa shape index (κ1) is 21.7. The summed E-state index contributed by atoms with van der Waals surface area (Å²) in [5.41, 5.74) is 9.82. The lowest BCUT2D eigenvalue weighted by Gasteiger charge is -2.23. The molecule has 1 atom stereocenters. The van der Waals surface area contributed by atoms with Gasteiger partial charge in [0.15, 0.2) is 0 Å². The number of hydrogen-bond acceptors (Lipinski definition) is 3. The highest BCUT2D eigenvalue weighted by Gasteiger charge is 2.36. The monoisotopic (exact) mass is 455 g/mol. The summed E-state index contributed by atoms with van der Waals surface area (Å²) < 4.78 is 0. The van der Waals surface area contributed by atoms with Crippen LogP contribution in [0.5, 0.6) is 0 Å². The molecule has 1 amide bonds. The number of hydrogen-bond donors (Lipinski definition) is 1. The second-order valence-electron chi connectivity index (χ2n) is 9.38. The lowest BCUT2D eigenvalue weighted by atomic mass is 10.0. The second kappa shape index (κ2) is 7.99. The van der Waals surface area contributed by atoms with Crippen LogP contribution in [0.25, 0.3) is 21.5 Å². The molecular weight excluding hydrogens is 426 g/mol. The lowest BCUT2D eigenvalue weighted by molar-refractivity contribution is 0.0734. The van der Waals surface area contributed by atoms with E-state index in [2.05, 4.69) is 76.5 Å². The maximum atomic E-state index is 13.9. The number of aryl methyl sites for hydroxylation is 5. The summed E-state index contributed by atoms with van der Waals surface area (Å²) in [6.07, 6.45) is 0.728. The van der Waals surface area contributed by atoms with Gasteiger partial charge in [-0.3, -0.25) is 4.79 Å². The smallest absolute Gasteiger partial charge is 0.256 e. The van der Waals surface area contributed by atoms with Crippen molar-refractivity contribution >= 4 is 28.3 Å². The number of fused-ring (bicyclic) bond motifs is 1. The minimum Gasteiger partial charge on any atom is -0.340 e. The van der Waals surface area contributed by atoms with E-state index in [0.717, 1.165) is 49.7 Å². The molecule has 5 heteroatoms. The molecule has 1 N–H and O–H groups in total. The van der Waals surface area contributed by atoms with Gasteiger partial charge in [-0.2, -0.15) is 0 Å². The topological polar surface area (TPSA) is 49.0 Å². The molecule has 2 aromatic heterocycles. The van der Waals surface area contributed by atoms with Crippen molar-refractivity contribution in [1.82, 2.24) is 14.9 Å². The van der Waals surface area contributed by atoms with Gasteiger partial charge in [0.05, 0.1) is 22.6 Å². The van der Waals surface area contributed by atoms with E-state index in [1.807, 2.05) is 11.0 Å². The fourth-order valence-electron chi connectivity index (χ4n) is 4.63. The van der Waals surface area contributed by atoms with Crippen molar-refractivity contribution < 1.29 is 4.79 Å². The summed E-state index contributed by atoms with van der Waals surface area (Å²) in [6.45, 7) is 15.3. The molecule has 0 bridgehead atoms. The van der Waals surface area contributed by atoms with Crippen LogP contribution in [0, 0.1) is 34.6 Å². The molecular formula is C28H29N3OS. The van der Waals surface area contributed by atoms with Crippen LogP contribution in [0.3, 0.4) is 0 Å². The number of rotatable bonds is 3. The Balaban J connectivity index is 1.54. The minimum absolute atomic E-state index is 0.0454. The third-order valence-electron chi connectivity index (χ3n) is 6.80. The Morgan fingerprint density at radius 2 is 1.76 bits per heavy atom. The van der Waals surface area contributed by atoms with Crippen molar-refractivity contribution in [1.29, 1.82) is 0 Å². The van der Waals surface area contributed by atoms with Crippen LogP contribution in [0.1, 0.15) is 55.8 Å². The molecule has 1 aliphatic heterocycles. The number of nitrogens with zero attached hydrogens (tertiary/aromatic N) is 2. The number of carbonyl (C=O) groups is 1. The maximum absolute atomic E-state index is 13.9. The molecule has 1 unspecified atom stereocenters. The van der Waals surface area contributed by atoms with E-state index in [1.165, 1.54) is 22.3 Å². The number of aromatic nitrogens is 2. The molecule has 1 fully saturated rings. The number of thiophene rings is 1. The highest BCUT2D eigenvalue weighted by Crippen LogP contribution is 2.39. The standard InChI is InChI=1S/C28H29N3OS/c1-15-9-25(27-29-23-11-18(4)19(5)12-24(23)30-27)31(14-15)28(32)22-13-20(6)33-26(22)21-8-7-16(2)17(3)10-21/h7-8,10-13,25H,1,9,14H2,2-6H3,(H,29,30). The fourth-order valence-corrected chi connectivity index (χ4v) is 5.63. The Labute approximate surface area is 199 Å². The second-order valence-corrected chi connectivity index (χ2v) is 10.6. The minimum atomic E-state index is -0.133. The van der Waals surface area contributed by atoms with E-state index in [9.17, 15) is 4.79 Å². The number of aromatic amines is 1. The van der Waals surface area contributed by atoms with Gasteiger partial charge in [0.25, 0.3) is 5.91 Å². The Kier molecular flexibility index (Phi) is 5.25. The van der Waals surface area contributed by atoms with Crippen molar-refractivity contribution in [3.63, 3.8) is 0 Å². The molecule has 0 radical (unpaired) electrons. The van der Waals surface area contributed by atoms with Gasteiger partial charge in [0.2, 0.25) is 0 Å². The van der Waals surface area contributed by atoms with E-state index in [1.54, 1.807) is 11.3 Å². The zero-order valence-corrected chi connectivity index (χ0v) is 20.7. The molecule has 0 spiro atoms. The molecule has 0 aliphatic carbocycles. The van der Waals surface area contributed by atoms with Gasteiger partial charge in [-0.05, 0) is 87.1 Å². The van der Waals surface area contributed by atoms with E-state index in [0.29, 0.717) is 6.54 Å². The summed E-state index contributed by atoms with van der Waals surface area (Å²) in [7, 11) is 0. The number of imidazole rings is 1. The first-order chi connectivity index (χ1) is 15.7. The van der Waals surface area contributed by atoms with Gasteiger partial charge in [-0.15, -0.1) is 11.3 Å². The van der Waals surface area contributed by atoms with Crippen molar-refractivity contribution in [2.24, 2.45) is 0 Å². The van der Waals surface area contributed by atoms with Crippen LogP contribution in [-0.2, 0) is 0 Å². The summed E-state index contributed by atoms with van der Waals surface area (Å²) in [4.78, 5) is 26.4. The zero-order valence-electron chi connectivity index (χ0n) is 19.9. The molecule has 3 heterocycles. The highest BCUT2D eigenvalue weighted by molar-refractivity contribution is 7.15. The molecule has 33 heavy (non-hydrogen) atoms. The number of benzene rings is 2. The fraction of sp³-hybridized carbons (Fsp3) is 0.286. The van der Waals surface area contributed by atoms with Crippen LogP contribution in [0.4, 0.5) is 0 Å². The van der Waals surface area contributed by atoms with Crippen LogP contribution in [0.2, 0.25) is 0 Å². The third-order valence-corrected chi connectivity index (χ3v) is 7.90. The average molecular weight is 456 g/mol. The first-order valence-corrected chi connectivity index (χ1v) is 12.2. The average Bonchev–Trinajstić information content (AvgIpc) is 3.46.